The topological polar surface area (TPSA) is 88.0 Å². The van der Waals surface area contributed by atoms with Gasteiger partial charge < -0.3 is 16.0 Å². The van der Waals surface area contributed by atoms with Crippen molar-refractivity contribution in [2.24, 2.45) is 5.73 Å². The maximum atomic E-state index is 11.8. The van der Waals surface area contributed by atoms with Crippen molar-refractivity contribution < 1.29 is 4.79 Å². The Hall–Kier alpha value is -1.99. The van der Waals surface area contributed by atoms with Crippen LogP contribution in [0.2, 0.25) is 0 Å². The highest BCUT2D eigenvalue weighted by Crippen LogP contribution is 2.05. The van der Waals surface area contributed by atoms with E-state index >= 15 is 0 Å². The molecule has 0 saturated carbocycles. The average Bonchev–Trinajstić information content (AvgIpc) is 2.82. The normalized spacial score (nSPS) is 10.1. The van der Waals surface area contributed by atoms with E-state index in [0.29, 0.717) is 21.8 Å². The highest BCUT2D eigenvalue weighted by Gasteiger charge is 2.06. The largest absolute Gasteiger partial charge is 0.389 e. The van der Waals surface area contributed by atoms with E-state index in [9.17, 15) is 9.59 Å². The van der Waals surface area contributed by atoms with Crippen molar-refractivity contribution in [2.45, 2.75) is 6.54 Å². The maximum absolute atomic E-state index is 11.8. The van der Waals surface area contributed by atoms with Crippen LogP contribution < -0.4 is 15.9 Å². The van der Waals surface area contributed by atoms with Gasteiger partial charge in [-0.15, -0.1) is 0 Å². The van der Waals surface area contributed by atoms with E-state index < -0.39 is 0 Å². The van der Waals surface area contributed by atoms with Gasteiger partial charge in [-0.05, 0) is 12.1 Å². The van der Waals surface area contributed by atoms with Crippen molar-refractivity contribution in [2.75, 3.05) is 0 Å². The van der Waals surface area contributed by atoms with Gasteiger partial charge in [0.1, 0.15) is 4.99 Å². The molecule has 0 radical (unpaired) electrons. The molecule has 0 fully saturated rings. The third-order valence-corrected chi connectivity index (χ3v) is 3.40. The molecular formula is C12H11N3O2S2. The fourth-order valence-electron chi connectivity index (χ4n) is 1.46. The number of amides is 1. The lowest BCUT2D eigenvalue weighted by Crippen LogP contribution is -2.23. The first-order valence-electron chi connectivity index (χ1n) is 5.41. The van der Waals surface area contributed by atoms with Gasteiger partial charge in [0.2, 0.25) is 0 Å². The number of rotatable bonds is 4. The van der Waals surface area contributed by atoms with Crippen LogP contribution in [-0.2, 0) is 6.54 Å². The number of hydrogen-bond donors (Lipinski definition) is 3. The number of carbonyl (C=O) groups excluding carboxylic acids is 1. The molecule has 0 bridgehead atoms. The fourth-order valence-corrected chi connectivity index (χ4v) is 2.18. The Bertz CT molecular complexity index is 658. The fraction of sp³-hybridized carbons (Fsp3) is 0.0833. The number of nitrogens with two attached hydrogens (primary N) is 1. The van der Waals surface area contributed by atoms with E-state index in [4.69, 9.17) is 18.0 Å². The van der Waals surface area contributed by atoms with Crippen LogP contribution in [-0.4, -0.2) is 15.9 Å². The van der Waals surface area contributed by atoms with Crippen LogP contribution in [0.5, 0.6) is 0 Å². The van der Waals surface area contributed by atoms with Gasteiger partial charge in [-0.25, -0.2) is 0 Å². The Morgan fingerprint density at radius 1 is 1.32 bits per heavy atom. The molecule has 0 spiro atoms. The zero-order valence-corrected chi connectivity index (χ0v) is 11.4. The Labute approximate surface area is 118 Å². The quantitative estimate of drug-likeness (QED) is 0.734. The van der Waals surface area contributed by atoms with Gasteiger partial charge in [0.05, 0.1) is 6.54 Å². The number of thiazole rings is 1. The molecule has 0 unspecified atom stereocenters. The molecular weight excluding hydrogens is 282 g/mol. The van der Waals surface area contributed by atoms with Crippen LogP contribution in [0.15, 0.2) is 34.4 Å². The van der Waals surface area contributed by atoms with E-state index in [1.807, 2.05) is 0 Å². The highest BCUT2D eigenvalue weighted by molar-refractivity contribution is 7.80. The van der Waals surface area contributed by atoms with Gasteiger partial charge in [-0.1, -0.05) is 35.7 Å². The van der Waals surface area contributed by atoms with Crippen molar-refractivity contribution in [3.63, 3.8) is 0 Å². The highest BCUT2D eigenvalue weighted by atomic mass is 32.1. The Kier molecular flexibility index (Phi) is 4.08. The number of aromatic nitrogens is 1. The van der Waals surface area contributed by atoms with E-state index in [1.54, 1.807) is 29.6 Å². The molecule has 1 aromatic heterocycles. The molecule has 0 saturated heterocycles. The van der Waals surface area contributed by atoms with Crippen molar-refractivity contribution in [1.82, 2.24) is 10.3 Å². The molecule has 0 aliphatic carbocycles. The molecule has 98 valence electrons. The molecule has 7 heteroatoms. The summed E-state index contributed by atoms with van der Waals surface area (Å²) in [5.41, 5.74) is 7.39. The monoisotopic (exact) mass is 293 g/mol. The average molecular weight is 293 g/mol. The maximum Gasteiger partial charge on any atom is 0.304 e. The molecule has 5 nitrogen and oxygen atoms in total. The lowest BCUT2D eigenvalue weighted by atomic mass is 10.1. The van der Waals surface area contributed by atoms with Crippen LogP contribution in [0.25, 0.3) is 0 Å². The molecule has 4 N–H and O–H groups in total. The summed E-state index contributed by atoms with van der Waals surface area (Å²) in [4.78, 5) is 25.6. The van der Waals surface area contributed by atoms with Crippen molar-refractivity contribution in [1.29, 1.82) is 0 Å². The Morgan fingerprint density at radius 3 is 2.47 bits per heavy atom. The standard InChI is InChI=1S/C12H11N3O2S2/c13-10(18)7-1-3-8(4-2-7)11(16)14-5-9-6-19-12(17)15-9/h1-4,6H,5H2,(H2,13,18)(H,14,16)(H,15,17). The number of H-pyrrole nitrogens is 1. The van der Waals surface area contributed by atoms with Crippen LogP contribution in [0, 0.1) is 0 Å². The first-order chi connectivity index (χ1) is 9.06. The number of thiocarbonyl (C=S) groups is 1. The number of hydrogen-bond acceptors (Lipinski definition) is 4. The zero-order valence-electron chi connectivity index (χ0n) is 9.80. The van der Waals surface area contributed by atoms with Crippen LogP contribution in [0.3, 0.4) is 0 Å². The second-order valence-electron chi connectivity index (χ2n) is 3.80. The third-order valence-electron chi connectivity index (χ3n) is 2.44. The van der Waals surface area contributed by atoms with Crippen LogP contribution in [0.1, 0.15) is 21.6 Å². The molecule has 1 heterocycles. The number of aromatic amines is 1. The predicted octanol–water partition coefficient (Wildman–Crippen LogP) is 1.00. The zero-order chi connectivity index (χ0) is 13.8. The SMILES string of the molecule is NC(=S)c1ccc(C(=O)NCc2csc(=O)[nH]2)cc1. The summed E-state index contributed by atoms with van der Waals surface area (Å²) in [7, 11) is 0. The molecule has 2 rings (SSSR count). The van der Waals surface area contributed by atoms with Gasteiger partial charge in [0.25, 0.3) is 5.91 Å². The lowest BCUT2D eigenvalue weighted by molar-refractivity contribution is 0.0950. The summed E-state index contributed by atoms with van der Waals surface area (Å²) < 4.78 is 0. The number of nitrogens with one attached hydrogen (secondary N) is 2. The Morgan fingerprint density at radius 2 is 1.95 bits per heavy atom. The first-order valence-corrected chi connectivity index (χ1v) is 6.70. The van der Waals surface area contributed by atoms with Gasteiger partial charge in [-0.3, -0.25) is 9.59 Å². The smallest absolute Gasteiger partial charge is 0.304 e. The molecule has 1 aromatic carbocycles. The van der Waals surface area contributed by atoms with Gasteiger partial charge in [0.15, 0.2) is 0 Å². The van der Waals surface area contributed by atoms with E-state index in [2.05, 4.69) is 10.3 Å². The lowest BCUT2D eigenvalue weighted by Gasteiger charge is -2.04. The van der Waals surface area contributed by atoms with Crippen molar-refractivity contribution in [3.8, 4) is 0 Å². The van der Waals surface area contributed by atoms with Crippen molar-refractivity contribution >= 4 is 34.5 Å². The van der Waals surface area contributed by atoms with E-state index in [0.717, 1.165) is 11.3 Å². The molecule has 0 atom stereocenters. The summed E-state index contributed by atoms with van der Waals surface area (Å²) >= 11 is 5.90. The van der Waals surface area contributed by atoms with Crippen molar-refractivity contribution in [3.05, 3.63) is 56.1 Å². The van der Waals surface area contributed by atoms with E-state index in [-0.39, 0.29) is 17.3 Å². The molecule has 0 aliphatic heterocycles. The van der Waals surface area contributed by atoms with Gasteiger partial charge >= 0.3 is 4.87 Å². The minimum Gasteiger partial charge on any atom is -0.389 e. The minimum absolute atomic E-state index is 0.134. The van der Waals surface area contributed by atoms with Gasteiger partial charge in [0, 0.05) is 22.2 Å². The summed E-state index contributed by atoms with van der Waals surface area (Å²) in [6.45, 7) is 0.286. The Balaban J connectivity index is 1.99. The van der Waals surface area contributed by atoms with E-state index in [1.165, 1.54) is 0 Å². The number of carbonyl (C=O) groups is 1. The minimum atomic E-state index is -0.221. The third kappa shape index (κ3) is 3.49. The summed E-state index contributed by atoms with van der Waals surface area (Å²) in [5.74, 6) is -0.221. The molecule has 19 heavy (non-hydrogen) atoms. The molecule has 2 aromatic rings. The summed E-state index contributed by atoms with van der Waals surface area (Å²) in [5, 5.41) is 4.39. The number of benzene rings is 1. The predicted molar refractivity (Wildman–Crippen MR) is 78.4 cm³/mol. The van der Waals surface area contributed by atoms with Crippen LogP contribution in [0.4, 0.5) is 0 Å². The molecule has 1 amide bonds. The second kappa shape index (κ2) is 5.77. The summed E-state index contributed by atoms with van der Waals surface area (Å²) in [6.07, 6.45) is 0. The summed E-state index contributed by atoms with van der Waals surface area (Å²) in [6, 6.07) is 6.70. The molecule has 0 aliphatic rings. The van der Waals surface area contributed by atoms with Crippen LogP contribution >= 0.6 is 23.6 Å². The first kappa shape index (κ1) is 13.4. The second-order valence-corrected chi connectivity index (χ2v) is 5.08. The van der Waals surface area contributed by atoms with Gasteiger partial charge in [-0.2, -0.15) is 0 Å².